The Labute approximate surface area is 515 Å². The molecule has 0 radical (unpaired) electrons. The van der Waals surface area contributed by atoms with Gasteiger partial charge >= 0.3 is 0 Å². The summed E-state index contributed by atoms with van der Waals surface area (Å²) in [5.74, 6) is -1.79. The van der Waals surface area contributed by atoms with E-state index < -0.39 is 35.6 Å². The lowest BCUT2D eigenvalue weighted by Gasteiger charge is -2.39. The predicted molar refractivity (Wildman–Crippen MR) is 336 cm³/mol. The number of imide groups is 2. The van der Waals surface area contributed by atoms with Crippen LogP contribution in [-0.2, 0) is 9.59 Å². The molecule has 460 valence electrons. The number of carbonyl (C=O) groups excluding carboxylic acids is 6. The van der Waals surface area contributed by atoms with E-state index in [1.54, 1.807) is 50.6 Å². The predicted octanol–water partition coefficient (Wildman–Crippen LogP) is 9.21. The van der Waals surface area contributed by atoms with Crippen molar-refractivity contribution < 1.29 is 47.7 Å². The second-order valence-corrected chi connectivity index (χ2v) is 22.4. The van der Waals surface area contributed by atoms with E-state index in [1.165, 1.54) is 42.1 Å². The fourth-order valence-electron chi connectivity index (χ4n) is 12.5. The van der Waals surface area contributed by atoms with Gasteiger partial charge in [0, 0.05) is 71.0 Å². The number of nitrogens with one attached hydrogen (secondary N) is 1. The Balaban J connectivity index is 0.000000213. The van der Waals surface area contributed by atoms with Crippen molar-refractivity contribution in [2.75, 3.05) is 104 Å². The fourth-order valence-corrected chi connectivity index (χ4v) is 12.5. The van der Waals surface area contributed by atoms with Gasteiger partial charge in [0.25, 0.3) is 23.6 Å². The molecule has 0 bridgehead atoms. The topological polar surface area (TPSA) is 221 Å². The van der Waals surface area contributed by atoms with Crippen LogP contribution >= 0.6 is 0 Å². The van der Waals surface area contributed by atoms with Crippen molar-refractivity contribution in [1.82, 2.24) is 24.9 Å². The van der Waals surface area contributed by atoms with Gasteiger partial charge in [-0.05, 0) is 124 Å². The molecular weight excluding hydrogens is 1110 g/mol. The maximum absolute atomic E-state index is 14.3. The molecule has 6 aromatic carbocycles. The largest absolute Gasteiger partial charge is 0.493 e. The Kier molecular flexibility index (Phi) is 20.9. The van der Waals surface area contributed by atoms with Crippen LogP contribution in [0.25, 0.3) is 0 Å². The molecule has 0 saturated carbocycles. The van der Waals surface area contributed by atoms with Crippen LogP contribution in [0.3, 0.4) is 0 Å². The lowest BCUT2D eigenvalue weighted by molar-refractivity contribution is -0.130. The van der Waals surface area contributed by atoms with E-state index in [4.69, 9.17) is 24.7 Å². The van der Waals surface area contributed by atoms with E-state index in [2.05, 4.69) is 75.2 Å². The van der Waals surface area contributed by atoms with Crippen LogP contribution in [0.1, 0.15) is 134 Å². The van der Waals surface area contributed by atoms with Gasteiger partial charge in [-0.1, -0.05) is 84.9 Å². The minimum Gasteiger partial charge on any atom is -0.493 e. The highest BCUT2D eigenvalue weighted by Crippen LogP contribution is 2.43. The number of rotatable bonds is 23. The zero-order chi connectivity index (χ0) is 62.6. The molecule has 19 heteroatoms. The summed E-state index contributed by atoms with van der Waals surface area (Å²) in [6.45, 7) is 12.6. The molecule has 2 fully saturated rings. The Morgan fingerprint density at radius 3 is 1.31 bits per heavy atom. The summed E-state index contributed by atoms with van der Waals surface area (Å²) in [5.41, 5.74) is 13.2. The smallest absolute Gasteiger partial charge is 0.264 e. The van der Waals surface area contributed by atoms with E-state index in [0.717, 1.165) is 56.2 Å². The van der Waals surface area contributed by atoms with Crippen molar-refractivity contribution >= 4 is 46.7 Å². The number of benzene rings is 6. The number of methoxy groups -OCH3 is 4. The summed E-state index contributed by atoms with van der Waals surface area (Å²) in [6, 6.07) is 43.9. The van der Waals surface area contributed by atoms with Crippen LogP contribution in [0.5, 0.6) is 23.0 Å². The quantitative estimate of drug-likeness (QED) is 0.0347. The average molecular weight is 1190 g/mol. The van der Waals surface area contributed by atoms with Crippen molar-refractivity contribution in [2.24, 2.45) is 11.7 Å². The number of hydrogen-bond donors (Lipinski definition) is 2. The number of fused-ring (bicyclic) bond motifs is 2. The van der Waals surface area contributed by atoms with E-state index in [0.29, 0.717) is 102 Å². The molecule has 88 heavy (non-hydrogen) atoms. The summed E-state index contributed by atoms with van der Waals surface area (Å²) in [7, 11) is 6.20. The number of ketones is 1. The second kappa shape index (κ2) is 29.1. The molecule has 19 nitrogen and oxygen atoms in total. The zero-order valence-corrected chi connectivity index (χ0v) is 51.3. The van der Waals surface area contributed by atoms with Gasteiger partial charge in [-0.3, -0.25) is 48.4 Å². The Morgan fingerprint density at radius 1 is 0.523 bits per heavy atom. The molecule has 0 spiro atoms. The van der Waals surface area contributed by atoms with Gasteiger partial charge < -0.3 is 39.8 Å². The highest BCUT2D eigenvalue weighted by atomic mass is 16.5. The summed E-state index contributed by atoms with van der Waals surface area (Å²) in [6.07, 6.45) is 1.90. The van der Waals surface area contributed by atoms with Crippen LogP contribution in [0, 0.1) is 17.2 Å². The Hall–Kier alpha value is -9.09. The van der Waals surface area contributed by atoms with Crippen molar-refractivity contribution in [2.45, 2.75) is 70.6 Å². The fraction of sp³-hybridized carbons (Fsp3) is 0.377. The van der Waals surface area contributed by atoms with Gasteiger partial charge in [0.05, 0.1) is 80.2 Å². The Bertz CT molecular complexity index is 3530. The lowest BCUT2D eigenvalue weighted by Crippen LogP contribution is -2.47. The number of ether oxygens (including phenoxy) is 4. The minimum absolute atomic E-state index is 0.147. The molecule has 3 N–H and O–H groups in total. The number of nitrogens with two attached hydrogens (primary N) is 1. The summed E-state index contributed by atoms with van der Waals surface area (Å²) in [5, 5.41) is 11.8. The summed E-state index contributed by atoms with van der Waals surface area (Å²) >= 11 is 0. The molecule has 5 atom stereocenters. The third-order valence-electron chi connectivity index (χ3n) is 17.5. The van der Waals surface area contributed by atoms with Crippen LogP contribution in [0.15, 0.2) is 133 Å². The molecule has 0 aromatic heterocycles. The average Bonchev–Trinajstić information content (AvgIpc) is 2.87. The first kappa shape index (κ1) is 63.4. The number of Topliss-reactive ketones (excluding diaryl/α,β-unsaturated/α-hetero) is 1. The third-order valence-corrected chi connectivity index (χ3v) is 17.5. The van der Waals surface area contributed by atoms with E-state index >= 15 is 0 Å². The van der Waals surface area contributed by atoms with E-state index in [-0.39, 0.29) is 30.3 Å². The van der Waals surface area contributed by atoms with Crippen LogP contribution in [-0.4, -0.2) is 149 Å². The van der Waals surface area contributed by atoms with Crippen molar-refractivity contribution in [3.63, 3.8) is 0 Å². The molecule has 4 aliphatic heterocycles. The molecule has 4 heterocycles. The molecule has 5 amide bonds. The number of carbonyl (C=O) groups is 6. The summed E-state index contributed by atoms with van der Waals surface area (Å²) in [4.78, 5) is 92.3. The molecule has 4 aliphatic rings. The van der Waals surface area contributed by atoms with Gasteiger partial charge in [0.2, 0.25) is 5.91 Å². The van der Waals surface area contributed by atoms with Crippen LogP contribution in [0.4, 0.5) is 11.4 Å². The summed E-state index contributed by atoms with van der Waals surface area (Å²) < 4.78 is 21.9. The van der Waals surface area contributed by atoms with Crippen molar-refractivity contribution in [3.05, 3.63) is 178 Å². The van der Waals surface area contributed by atoms with Gasteiger partial charge in [-0.2, -0.15) is 5.26 Å². The van der Waals surface area contributed by atoms with Crippen molar-refractivity contribution in [1.29, 1.82) is 5.26 Å². The number of nitrogens with zero attached hydrogens (tertiary/aromatic N) is 7. The number of amides is 5. The van der Waals surface area contributed by atoms with E-state index in [9.17, 15) is 34.0 Å². The number of nitriles is 1. The zero-order valence-electron chi connectivity index (χ0n) is 51.3. The Morgan fingerprint density at radius 2 is 0.932 bits per heavy atom. The van der Waals surface area contributed by atoms with Gasteiger partial charge in [0.1, 0.15) is 0 Å². The van der Waals surface area contributed by atoms with Crippen LogP contribution < -0.4 is 39.8 Å². The number of hydrogen-bond acceptors (Lipinski definition) is 16. The first-order valence-corrected chi connectivity index (χ1v) is 30.1. The molecule has 2 saturated heterocycles. The van der Waals surface area contributed by atoms with Gasteiger partial charge in [-0.15, -0.1) is 0 Å². The normalized spacial score (nSPS) is 16.8. The van der Waals surface area contributed by atoms with Gasteiger partial charge in [-0.25, -0.2) is 0 Å². The lowest BCUT2D eigenvalue weighted by atomic mass is 9.99. The van der Waals surface area contributed by atoms with Gasteiger partial charge in [0.15, 0.2) is 34.7 Å². The second-order valence-electron chi connectivity index (χ2n) is 22.4. The monoisotopic (exact) mass is 1190 g/mol. The highest BCUT2D eigenvalue weighted by Gasteiger charge is 2.45. The van der Waals surface area contributed by atoms with Crippen LogP contribution in [0.2, 0.25) is 0 Å². The minimum atomic E-state index is -1.38. The molecule has 0 aliphatic carbocycles. The third kappa shape index (κ3) is 13.4. The maximum Gasteiger partial charge on any atom is 0.264 e. The number of anilines is 2. The standard InChI is InChI=1S/C37H41N5O6.C32H38N4O4/c1-24(26-10-6-5-7-11-26)40-18-20-41(21-19-40)31-13-8-12-28-34(31)37(46)42(36(28)45)30(27-15-16-32(47-3)33(22-27)48-4)14-9-17-39-35(44)29(23-38)25(2)43;1-22(23-9-5-4-6-10-23)34-17-19-35(20-18-34)27-12-7-11-25-30(27)32(38)36(31(25)37)26(13-8-16-33)24-14-15-28(39-2)29(21-24)40-3/h5-8,10-13,15-16,22,24,29-30H,9,14,17-21H2,1-4H3,(H,39,44);4-7,9-12,14-15,21-22,26H,8,13,16-20,33H2,1-3H3/t24-,29?,30-;22-,26-/m11/s1. The van der Waals surface area contributed by atoms with Crippen molar-refractivity contribution in [3.8, 4) is 29.1 Å². The maximum atomic E-state index is 14.3. The highest BCUT2D eigenvalue weighted by molar-refractivity contribution is 6.25. The SMILES string of the molecule is COc1ccc([C@@H](CCCN)N2C(=O)c3cccc(N4CCN([C@H](C)c5ccccc5)CC4)c3C2=O)cc1OC.COc1ccc([C@@H](CCCNC(=O)C(C#N)C(C)=O)N2C(=O)c3cccc(N4CCN([C@H](C)c5ccccc5)CC4)c3C2=O)cc1OC. The first-order valence-electron chi connectivity index (χ1n) is 30.1. The molecule has 1 unspecified atom stereocenters. The van der Waals surface area contributed by atoms with E-state index in [1.807, 2.05) is 66.7 Å². The number of piperazine rings is 2. The molecule has 6 aromatic rings. The molecular formula is C69H79N9O10. The molecule has 10 rings (SSSR count). The first-order chi connectivity index (χ1) is 42.7.